The number of ether oxygens (including phenoxy) is 1. The van der Waals surface area contributed by atoms with Gasteiger partial charge in [-0.1, -0.05) is 40.9 Å². The minimum absolute atomic E-state index is 0.195. The van der Waals surface area contributed by atoms with Crippen molar-refractivity contribution in [2.24, 2.45) is 0 Å². The maximum absolute atomic E-state index is 12.8. The molecule has 0 saturated heterocycles. The lowest BCUT2D eigenvalue weighted by atomic mass is 10.0. The number of halogens is 6. The van der Waals surface area contributed by atoms with Crippen molar-refractivity contribution in [2.75, 3.05) is 7.11 Å². The van der Waals surface area contributed by atoms with E-state index < -0.39 is 11.7 Å². The summed E-state index contributed by atoms with van der Waals surface area (Å²) in [6, 6.07) is 6.60. The molecule has 0 saturated carbocycles. The predicted octanol–water partition coefficient (Wildman–Crippen LogP) is 6.34. The molecule has 0 amide bonds. The fourth-order valence-electron chi connectivity index (χ4n) is 1.83. The monoisotopic (exact) mass is 354 g/mol. The third-order valence-corrected chi connectivity index (χ3v) is 4.02. The van der Waals surface area contributed by atoms with Crippen molar-refractivity contribution < 1.29 is 17.9 Å². The van der Waals surface area contributed by atoms with Gasteiger partial charge < -0.3 is 4.74 Å². The van der Waals surface area contributed by atoms with Crippen LogP contribution in [0.1, 0.15) is 5.56 Å². The van der Waals surface area contributed by atoms with Crippen molar-refractivity contribution in [2.45, 2.75) is 6.18 Å². The van der Waals surface area contributed by atoms with E-state index in [0.717, 1.165) is 6.07 Å². The van der Waals surface area contributed by atoms with Crippen LogP contribution in [0.25, 0.3) is 11.1 Å². The van der Waals surface area contributed by atoms with E-state index in [1.807, 2.05) is 0 Å². The van der Waals surface area contributed by atoms with Crippen LogP contribution in [0, 0.1) is 0 Å². The Hall–Kier alpha value is -1.10. The Kier molecular flexibility index (Phi) is 4.61. The Morgan fingerprint density at radius 1 is 0.905 bits per heavy atom. The van der Waals surface area contributed by atoms with Crippen molar-refractivity contribution in [3.63, 3.8) is 0 Å². The molecule has 0 fully saturated rings. The number of rotatable bonds is 2. The SMILES string of the molecule is COc1cc(-c2cc(Cl)c(Cl)c(Cl)c2)ccc1C(F)(F)F. The highest BCUT2D eigenvalue weighted by molar-refractivity contribution is 6.48. The van der Waals surface area contributed by atoms with Gasteiger partial charge in [0.1, 0.15) is 5.75 Å². The average Bonchev–Trinajstić information content (AvgIpc) is 2.42. The van der Waals surface area contributed by atoms with E-state index in [1.165, 1.54) is 31.4 Å². The van der Waals surface area contributed by atoms with Gasteiger partial charge in [-0.2, -0.15) is 13.2 Å². The first-order valence-electron chi connectivity index (χ1n) is 5.64. The van der Waals surface area contributed by atoms with Gasteiger partial charge in [-0.25, -0.2) is 0 Å². The lowest BCUT2D eigenvalue weighted by molar-refractivity contribution is -0.138. The number of benzene rings is 2. The van der Waals surface area contributed by atoms with Crippen LogP contribution in [0.5, 0.6) is 5.75 Å². The van der Waals surface area contributed by atoms with E-state index in [4.69, 9.17) is 39.5 Å². The van der Waals surface area contributed by atoms with Gasteiger partial charge in [-0.05, 0) is 35.4 Å². The quantitative estimate of drug-likeness (QED) is 0.571. The molecule has 0 bridgehead atoms. The molecule has 0 atom stereocenters. The predicted molar refractivity (Wildman–Crippen MR) is 78.5 cm³/mol. The lowest BCUT2D eigenvalue weighted by Crippen LogP contribution is -2.07. The second kappa shape index (κ2) is 5.95. The molecule has 112 valence electrons. The summed E-state index contributed by atoms with van der Waals surface area (Å²) in [4.78, 5) is 0. The molecule has 0 N–H and O–H groups in total. The van der Waals surface area contributed by atoms with E-state index in [-0.39, 0.29) is 20.8 Å². The van der Waals surface area contributed by atoms with Gasteiger partial charge in [0.15, 0.2) is 0 Å². The summed E-state index contributed by atoms with van der Waals surface area (Å²) < 4.78 is 43.2. The van der Waals surface area contributed by atoms with Crippen LogP contribution in [0.3, 0.4) is 0 Å². The highest BCUT2D eigenvalue weighted by atomic mass is 35.5. The highest BCUT2D eigenvalue weighted by Crippen LogP contribution is 2.40. The number of methoxy groups -OCH3 is 1. The Morgan fingerprint density at radius 3 is 1.95 bits per heavy atom. The Bertz CT molecular complexity index is 661. The standard InChI is InChI=1S/C14H8Cl3F3O/c1-21-12-6-7(2-3-9(12)14(18,19)20)8-4-10(15)13(17)11(16)5-8/h2-6H,1H3. The first-order valence-corrected chi connectivity index (χ1v) is 6.77. The first-order chi connectivity index (χ1) is 9.74. The van der Waals surface area contributed by atoms with Crippen molar-refractivity contribution in [3.05, 3.63) is 51.0 Å². The maximum Gasteiger partial charge on any atom is 0.419 e. The van der Waals surface area contributed by atoms with Crippen LogP contribution >= 0.6 is 34.8 Å². The van der Waals surface area contributed by atoms with E-state index >= 15 is 0 Å². The molecule has 7 heteroatoms. The van der Waals surface area contributed by atoms with Gasteiger partial charge in [-0.3, -0.25) is 0 Å². The van der Waals surface area contributed by atoms with Gasteiger partial charge in [0.05, 0.1) is 27.7 Å². The summed E-state index contributed by atoms with van der Waals surface area (Å²) >= 11 is 17.7. The van der Waals surface area contributed by atoms with Crippen LogP contribution in [-0.2, 0) is 6.18 Å². The van der Waals surface area contributed by atoms with Crippen LogP contribution in [0.2, 0.25) is 15.1 Å². The second-order valence-electron chi connectivity index (χ2n) is 4.17. The van der Waals surface area contributed by atoms with Gasteiger partial charge in [-0.15, -0.1) is 0 Å². The molecule has 0 aliphatic carbocycles. The molecular formula is C14H8Cl3F3O. The summed E-state index contributed by atoms with van der Waals surface area (Å²) in [6.07, 6.45) is -4.49. The second-order valence-corrected chi connectivity index (χ2v) is 5.36. The third kappa shape index (κ3) is 3.39. The van der Waals surface area contributed by atoms with Gasteiger partial charge in [0.2, 0.25) is 0 Å². The number of alkyl halides is 3. The molecule has 2 aromatic carbocycles. The zero-order valence-corrected chi connectivity index (χ0v) is 12.8. The zero-order chi connectivity index (χ0) is 15.8. The summed E-state index contributed by atoms with van der Waals surface area (Å²) in [7, 11) is 1.18. The van der Waals surface area contributed by atoms with E-state index in [1.54, 1.807) is 0 Å². The normalized spacial score (nSPS) is 11.6. The molecule has 2 rings (SSSR count). The largest absolute Gasteiger partial charge is 0.496 e. The fourth-order valence-corrected chi connectivity index (χ4v) is 2.42. The molecule has 0 unspecified atom stereocenters. The van der Waals surface area contributed by atoms with Crippen LogP contribution in [0.15, 0.2) is 30.3 Å². The van der Waals surface area contributed by atoms with E-state index in [0.29, 0.717) is 11.1 Å². The minimum Gasteiger partial charge on any atom is -0.496 e. The minimum atomic E-state index is -4.49. The third-order valence-electron chi connectivity index (χ3n) is 2.82. The Labute approximate surface area is 134 Å². The van der Waals surface area contributed by atoms with Gasteiger partial charge in [0.25, 0.3) is 0 Å². The summed E-state index contributed by atoms with van der Waals surface area (Å²) in [5, 5.41) is 0.636. The molecule has 0 radical (unpaired) electrons. The fraction of sp³-hybridized carbons (Fsp3) is 0.143. The number of hydrogen-bond donors (Lipinski definition) is 0. The van der Waals surface area contributed by atoms with Crippen molar-refractivity contribution in [3.8, 4) is 16.9 Å². The van der Waals surface area contributed by atoms with Crippen molar-refractivity contribution >= 4 is 34.8 Å². The Morgan fingerprint density at radius 2 is 1.48 bits per heavy atom. The summed E-state index contributed by atoms with van der Waals surface area (Å²) in [5.74, 6) is -0.276. The van der Waals surface area contributed by atoms with Crippen LogP contribution < -0.4 is 4.74 Å². The van der Waals surface area contributed by atoms with Gasteiger partial charge in [0, 0.05) is 0 Å². The molecule has 0 aliphatic rings. The molecule has 0 aromatic heterocycles. The van der Waals surface area contributed by atoms with Crippen molar-refractivity contribution in [1.29, 1.82) is 0 Å². The molecule has 1 nitrogen and oxygen atoms in total. The average molecular weight is 356 g/mol. The molecule has 0 heterocycles. The lowest BCUT2D eigenvalue weighted by Gasteiger charge is -2.14. The first kappa shape index (κ1) is 16.3. The molecule has 0 spiro atoms. The van der Waals surface area contributed by atoms with Crippen LogP contribution in [-0.4, -0.2) is 7.11 Å². The number of hydrogen-bond acceptors (Lipinski definition) is 1. The van der Waals surface area contributed by atoms with Crippen molar-refractivity contribution in [1.82, 2.24) is 0 Å². The topological polar surface area (TPSA) is 9.23 Å². The molecule has 21 heavy (non-hydrogen) atoms. The van der Waals surface area contributed by atoms with Gasteiger partial charge >= 0.3 is 6.18 Å². The Balaban J connectivity index is 2.56. The van der Waals surface area contributed by atoms with E-state index in [2.05, 4.69) is 0 Å². The summed E-state index contributed by atoms with van der Waals surface area (Å²) in [5.41, 5.74) is 0.182. The highest BCUT2D eigenvalue weighted by Gasteiger charge is 2.34. The van der Waals surface area contributed by atoms with E-state index in [9.17, 15) is 13.2 Å². The maximum atomic E-state index is 12.8. The molecule has 2 aromatic rings. The molecular weight excluding hydrogens is 348 g/mol. The summed E-state index contributed by atoms with van der Waals surface area (Å²) in [6.45, 7) is 0. The van der Waals surface area contributed by atoms with Crippen LogP contribution in [0.4, 0.5) is 13.2 Å². The smallest absolute Gasteiger partial charge is 0.419 e. The zero-order valence-electron chi connectivity index (χ0n) is 10.6. The molecule has 0 aliphatic heterocycles.